The fraction of sp³-hybridized carbons (Fsp3) is 0.407. The van der Waals surface area contributed by atoms with Crippen LogP contribution in [0.15, 0.2) is 59.6 Å². The molecule has 36 heavy (non-hydrogen) atoms. The Hall–Kier alpha value is -3.88. The molecular formula is C27H32N4O5. The zero-order valence-electron chi connectivity index (χ0n) is 20.8. The van der Waals surface area contributed by atoms with Crippen molar-refractivity contribution >= 4 is 30.0 Å². The number of anilines is 1. The minimum Gasteiger partial charge on any atom is -0.445 e. The second kappa shape index (κ2) is 10.8. The van der Waals surface area contributed by atoms with Gasteiger partial charge in [0.05, 0.1) is 5.69 Å². The average Bonchev–Trinajstić information content (AvgIpc) is 2.99. The third kappa shape index (κ3) is 6.02. The molecule has 9 heteroatoms. The first-order chi connectivity index (χ1) is 17.2. The van der Waals surface area contributed by atoms with Gasteiger partial charge in [-0.1, -0.05) is 48.5 Å². The van der Waals surface area contributed by atoms with E-state index in [0.29, 0.717) is 24.2 Å². The van der Waals surface area contributed by atoms with Crippen LogP contribution in [0.4, 0.5) is 15.3 Å². The van der Waals surface area contributed by atoms with Gasteiger partial charge < -0.3 is 9.47 Å². The van der Waals surface area contributed by atoms with Gasteiger partial charge in [-0.3, -0.25) is 24.9 Å². The number of aliphatic imine (C=N–C) groups is 1. The summed E-state index contributed by atoms with van der Waals surface area (Å²) in [5.74, 6) is -0.451. The normalized spacial score (nSPS) is 19.8. The first-order valence-electron chi connectivity index (χ1n) is 12.1. The molecule has 2 aromatic rings. The summed E-state index contributed by atoms with van der Waals surface area (Å²) in [5.41, 5.74) is 1.49. The van der Waals surface area contributed by atoms with Crippen LogP contribution in [0, 0.1) is 0 Å². The topological polar surface area (TPSA) is 101 Å². The van der Waals surface area contributed by atoms with E-state index in [-0.39, 0.29) is 6.61 Å². The number of ether oxygens (including phenoxy) is 2. The predicted molar refractivity (Wildman–Crippen MR) is 136 cm³/mol. The van der Waals surface area contributed by atoms with E-state index in [4.69, 9.17) is 9.47 Å². The molecular weight excluding hydrogens is 460 g/mol. The van der Waals surface area contributed by atoms with Crippen molar-refractivity contribution in [3.63, 3.8) is 0 Å². The average molecular weight is 493 g/mol. The Balaban J connectivity index is 1.58. The molecule has 1 unspecified atom stereocenters. The molecule has 0 bridgehead atoms. The Morgan fingerprint density at radius 1 is 1.06 bits per heavy atom. The van der Waals surface area contributed by atoms with Crippen LogP contribution in [-0.4, -0.2) is 53.7 Å². The number of fused-ring (bicyclic) bond motifs is 1. The Kier molecular flexibility index (Phi) is 7.57. The number of para-hydroxylation sites is 1. The van der Waals surface area contributed by atoms with Crippen molar-refractivity contribution in [2.45, 2.75) is 64.6 Å². The molecule has 0 aromatic heterocycles. The van der Waals surface area contributed by atoms with Gasteiger partial charge in [0.25, 0.3) is 5.91 Å². The van der Waals surface area contributed by atoms with Crippen LogP contribution in [0.2, 0.25) is 0 Å². The summed E-state index contributed by atoms with van der Waals surface area (Å²) < 4.78 is 11.0. The monoisotopic (exact) mass is 492 g/mol. The van der Waals surface area contributed by atoms with Crippen LogP contribution in [0.3, 0.4) is 0 Å². The molecule has 2 aliphatic heterocycles. The maximum atomic E-state index is 13.8. The summed E-state index contributed by atoms with van der Waals surface area (Å²) in [6, 6.07) is 16.6. The van der Waals surface area contributed by atoms with E-state index in [0.717, 1.165) is 18.4 Å². The summed E-state index contributed by atoms with van der Waals surface area (Å²) in [6.45, 7) is 5.96. The lowest BCUT2D eigenvalue weighted by Gasteiger charge is -2.43. The van der Waals surface area contributed by atoms with E-state index in [1.807, 2.05) is 75.4 Å². The number of nitrogens with one attached hydrogen (secondary N) is 1. The molecule has 2 aromatic carbocycles. The second-order valence-electron chi connectivity index (χ2n) is 9.80. The zero-order valence-corrected chi connectivity index (χ0v) is 20.8. The maximum absolute atomic E-state index is 13.8. The van der Waals surface area contributed by atoms with Crippen molar-refractivity contribution < 1.29 is 23.9 Å². The van der Waals surface area contributed by atoms with Crippen molar-refractivity contribution in [1.82, 2.24) is 10.2 Å². The smallest absolute Gasteiger partial charge is 0.411 e. The maximum Gasteiger partial charge on any atom is 0.411 e. The number of benzene rings is 2. The molecule has 2 atom stereocenters. The fourth-order valence-corrected chi connectivity index (χ4v) is 4.28. The minimum absolute atomic E-state index is 0.0658. The molecule has 0 spiro atoms. The lowest BCUT2D eigenvalue weighted by Crippen LogP contribution is -2.59. The molecule has 0 saturated carbocycles. The van der Waals surface area contributed by atoms with Crippen LogP contribution >= 0.6 is 0 Å². The van der Waals surface area contributed by atoms with Gasteiger partial charge in [0.15, 0.2) is 0 Å². The molecule has 3 amide bonds. The molecule has 9 nitrogen and oxygen atoms in total. The van der Waals surface area contributed by atoms with E-state index in [9.17, 15) is 14.4 Å². The van der Waals surface area contributed by atoms with Crippen LogP contribution in [0.25, 0.3) is 0 Å². The SMILES string of the molecule is CC(C)(C)OC(=O)N1CCCC[C@H]1N1C(=O)C(NC(=O)OCc2ccccc2)N=Cc2ccccc21. The Morgan fingerprint density at radius 3 is 2.53 bits per heavy atom. The van der Waals surface area contributed by atoms with Crippen molar-refractivity contribution in [2.24, 2.45) is 4.99 Å². The molecule has 1 saturated heterocycles. The third-order valence-corrected chi connectivity index (χ3v) is 5.89. The van der Waals surface area contributed by atoms with Crippen molar-refractivity contribution in [3.8, 4) is 0 Å². The molecule has 0 aliphatic carbocycles. The van der Waals surface area contributed by atoms with Gasteiger partial charge in [0.1, 0.15) is 18.4 Å². The number of alkyl carbamates (subject to hydrolysis) is 1. The van der Waals surface area contributed by atoms with Crippen molar-refractivity contribution in [1.29, 1.82) is 0 Å². The van der Waals surface area contributed by atoms with Crippen LogP contribution in [-0.2, 0) is 20.9 Å². The third-order valence-electron chi connectivity index (χ3n) is 5.89. The van der Waals surface area contributed by atoms with Crippen LogP contribution < -0.4 is 10.2 Å². The Labute approximate surface area is 211 Å². The lowest BCUT2D eigenvalue weighted by atomic mass is 10.0. The highest BCUT2D eigenvalue weighted by Gasteiger charge is 2.41. The highest BCUT2D eigenvalue weighted by Crippen LogP contribution is 2.31. The van der Waals surface area contributed by atoms with Gasteiger partial charge in [-0.05, 0) is 51.7 Å². The molecule has 2 aliphatic rings. The Morgan fingerprint density at radius 2 is 1.78 bits per heavy atom. The molecule has 4 rings (SSSR count). The molecule has 0 radical (unpaired) electrons. The number of hydrogen-bond donors (Lipinski definition) is 1. The predicted octanol–water partition coefficient (Wildman–Crippen LogP) is 4.45. The van der Waals surface area contributed by atoms with E-state index in [1.54, 1.807) is 16.0 Å². The number of benzodiazepines with no additional fused rings is 1. The molecule has 1 N–H and O–H groups in total. The Bertz CT molecular complexity index is 1130. The largest absolute Gasteiger partial charge is 0.445 e. The number of amides is 3. The van der Waals surface area contributed by atoms with Gasteiger partial charge in [-0.15, -0.1) is 0 Å². The standard InChI is InChI=1S/C27H32N4O5/c1-27(2,3)36-26(34)30-16-10-9-15-22(30)31-21-14-8-7-13-20(21)17-28-23(24(31)32)29-25(33)35-18-19-11-5-4-6-12-19/h4-8,11-14,17,22-23H,9-10,15-16,18H2,1-3H3,(H,29,33)/t22-,23?/m1/s1. The zero-order chi connectivity index (χ0) is 25.7. The highest BCUT2D eigenvalue weighted by atomic mass is 16.6. The number of rotatable bonds is 4. The van der Waals surface area contributed by atoms with E-state index < -0.39 is 36.0 Å². The lowest BCUT2D eigenvalue weighted by molar-refractivity contribution is -0.121. The number of carbonyl (C=O) groups excluding carboxylic acids is 3. The van der Waals surface area contributed by atoms with Crippen molar-refractivity contribution in [2.75, 3.05) is 11.4 Å². The number of nitrogens with zero attached hydrogens (tertiary/aromatic N) is 3. The highest BCUT2D eigenvalue weighted by molar-refractivity contribution is 6.06. The van der Waals surface area contributed by atoms with Gasteiger partial charge >= 0.3 is 12.2 Å². The summed E-state index contributed by atoms with van der Waals surface area (Å²) in [5, 5.41) is 2.58. The van der Waals surface area contributed by atoms with Crippen molar-refractivity contribution in [3.05, 3.63) is 65.7 Å². The number of carbonyl (C=O) groups is 3. The minimum atomic E-state index is -1.21. The summed E-state index contributed by atoms with van der Waals surface area (Å²) in [6.07, 6.45) is 0.775. The molecule has 2 heterocycles. The fourth-order valence-electron chi connectivity index (χ4n) is 4.28. The summed E-state index contributed by atoms with van der Waals surface area (Å²) >= 11 is 0. The number of piperidine rings is 1. The molecule has 190 valence electrons. The van der Waals surface area contributed by atoms with E-state index >= 15 is 0 Å². The van der Waals surface area contributed by atoms with Gasteiger partial charge in [-0.2, -0.15) is 0 Å². The van der Waals surface area contributed by atoms with Crippen LogP contribution in [0.1, 0.15) is 51.2 Å². The van der Waals surface area contributed by atoms with Gasteiger partial charge in [0, 0.05) is 18.3 Å². The van der Waals surface area contributed by atoms with Gasteiger partial charge in [0.2, 0.25) is 6.17 Å². The van der Waals surface area contributed by atoms with Crippen LogP contribution in [0.5, 0.6) is 0 Å². The quantitative estimate of drug-likeness (QED) is 0.680. The number of likely N-dealkylation sites (tertiary alicyclic amines) is 1. The molecule has 1 fully saturated rings. The first kappa shape index (κ1) is 25.2. The second-order valence-corrected chi connectivity index (χ2v) is 9.80. The summed E-state index contributed by atoms with van der Waals surface area (Å²) in [7, 11) is 0. The number of hydrogen-bond acceptors (Lipinski definition) is 6. The van der Waals surface area contributed by atoms with E-state index in [2.05, 4.69) is 10.3 Å². The first-order valence-corrected chi connectivity index (χ1v) is 12.1. The van der Waals surface area contributed by atoms with E-state index in [1.165, 1.54) is 0 Å². The van der Waals surface area contributed by atoms with Gasteiger partial charge in [-0.25, -0.2) is 9.59 Å². The summed E-state index contributed by atoms with van der Waals surface area (Å²) in [4.78, 5) is 47.0.